The lowest BCUT2D eigenvalue weighted by Crippen LogP contribution is -2.27. The van der Waals surface area contributed by atoms with Gasteiger partial charge in [-0.15, -0.1) is 0 Å². The highest BCUT2D eigenvalue weighted by molar-refractivity contribution is 5.98. The van der Waals surface area contributed by atoms with Crippen LogP contribution in [0.2, 0.25) is 0 Å². The van der Waals surface area contributed by atoms with Crippen LogP contribution < -0.4 is 5.73 Å². The molecule has 0 saturated heterocycles. The summed E-state index contributed by atoms with van der Waals surface area (Å²) in [5.74, 6) is 6.18. The summed E-state index contributed by atoms with van der Waals surface area (Å²) >= 11 is 0. The summed E-state index contributed by atoms with van der Waals surface area (Å²) < 4.78 is 0. The van der Waals surface area contributed by atoms with Crippen molar-refractivity contribution in [1.82, 2.24) is 9.97 Å². The van der Waals surface area contributed by atoms with Crippen molar-refractivity contribution in [3.05, 3.63) is 52.6 Å². The molecule has 0 amide bonds. The maximum Gasteiger partial charge on any atom is 0.165 e. The number of aryl methyl sites for hydroxylation is 1. The number of carbonyl (C=O) groups excluding carboxylic acids is 1. The number of anilines is 1. The van der Waals surface area contributed by atoms with Crippen LogP contribution in [0.4, 0.5) is 5.69 Å². The predicted molar refractivity (Wildman–Crippen MR) is 90.0 cm³/mol. The fourth-order valence-corrected chi connectivity index (χ4v) is 2.77. The van der Waals surface area contributed by atoms with E-state index in [0.717, 1.165) is 23.4 Å². The van der Waals surface area contributed by atoms with Crippen molar-refractivity contribution in [2.75, 3.05) is 5.73 Å². The minimum atomic E-state index is -0.0182. The molecule has 0 spiro atoms. The van der Waals surface area contributed by atoms with Crippen LogP contribution in [-0.2, 0) is 6.42 Å². The molecule has 0 aliphatic heterocycles. The molecule has 1 aliphatic carbocycles. The van der Waals surface area contributed by atoms with E-state index < -0.39 is 0 Å². The second-order valence-corrected chi connectivity index (χ2v) is 6.78. The molecule has 3 rings (SSSR count). The van der Waals surface area contributed by atoms with Crippen LogP contribution in [-0.4, -0.2) is 15.8 Å². The molecule has 0 aromatic carbocycles. The van der Waals surface area contributed by atoms with E-state index in [-0.39, 0.29) is 11.2 Å². The topological polar surface area (TPSA) is 68.9 Å². The third-order valence-electron chi connectivity index (χ3n) is 4.02. The standard InChI is InChI=1S/C19H19N3O/c1-12-16(20)7-6-14(22-12)5-4-13-8-15-17(21-11-13)9-19(2,3)10-18(15)23/h6-8,11H,9-10,20H2,1-3H3. The Balaban J connectivity index is 1.92. The molecule has 0 radical (unpaired) electrons. The van der Waals surface area contributed by atoms with Crippen molar-refractivity contribution in [3.63, 3.8) is 0 Å². The average molecular weight is 305 g/mol. The Morgan fingerprint density at radius 3 is 2.74 bits per heavy atom. The Kier molecular flexibility index (Phi) is 3.65. The van der Waals surface area contributed by atoms with Gasteiger partial charge in [0.25, 0.3) is 0 Å². The molecule has 116 valence electrons. The second-order valence-electron chi connectivity index (χ2n) is 6.78. The molecule has 0 fully saturated rings. The van der Waals surface area contributed by atoms with Crippen LogP contribution in [0, 0.1) is 24.2 Å². The third-order valence-corrected chi connectivity index (χ3v) is 4.02. The highest BCUT2D eigenvalue weighted by Crippen LogP contribution is 2.33. The fraction of sp³-hybridized carbons (Fsp3) is 0.316. The van der Waals surface area contributed by atoms with E-state index in [2.05, 4.69) is 35.7 Å². The molecular weight excluding hydrogens is 286 g/mol. The maximum atomic E-state index is 12.3. The molecule has 0 unspecified atom stereocenters. The SMILES string of the molecule is Cc1nc(C#Cc2cnc3c(c2)C(=O)CC(C)(C)C3)ccc1N. The van der Waals surface area contributed by atoms with Crippen molar-refractivity contribution in [3.8, 4) is 11.8 Å². The first kappa shape index (κ1) is 15.2. The minimum Gasteiger partial charge on any atom is -0.397 e. The van der Waals surface area contributed by atoms with Gasteiger partial charge >= 0.3 is 0 Å². The van der Waals surface area contributed by atoms with Gasteiger partial charge in [0.1, 0.15) is 5.69 Å². The van der Waals surface area contributed by atoms with Crippen molar-refractivity contribution in [1.29, 1.82) is 0 Å². The number of aromatic nitrogens is 2. The summed E-state index contributed by atoms with van der Waals surface area (Å²) in [6, 6.07) is 5.43. The van der Waals surface area contributed by atoms with Gasteiger partial charge in [-0.05, 0) is 42.9 Å². The minimum absolute atomic E-state index is 0.0182. The number of hydrogen-bond acceptors (Lipinski definition) is 4. The second kappa shape index (κ2) is 5.51. The van der Waals surface area contributed by atoms with Gasteiger partial charge in [-0.25, -0.2) is 4.98 Å². The summed E-state index contributed by atoms with van der Waals surface area (Å²) in [6.45, 7) is 6.04. The lowest BCUT2D eigenvalue weighted by Gasteiger charge is -2.29. The number of Topliss-reactive ketones (excluding diaryl/α,β-unsaturated/α-hetero) is 1. The van der Waals surface area contributed by atoms with Gasteiger partial charge in [0.15, 0.2) is 5.78 Å². The van der Waals surface area contributed by atoms with Crippen LogP contribution in [0.15, 0.2) is 24.4 Å². The van der Waals surface area contributed by atoms with Crippen LogP contribution in [0.25, 0.3) is 0 Å². The summed E-state index contributed by atoms with van der Waals surface area (Å²) in [4.78, 5) is 21.1. The van der Waals surface area contributed by atoms with E-state index in [1.165, 1.54) is 0 Å². The Morgan fingerprint density at radius 1 is 1.22 bits per heavy atom. The van der Waals surface area contributed by atoms with E-state index in [1.807, 2.05) is 13.0 Å². The molecule has 0 saturated carbocycles. The molecule has 2 aromatic heterocycles. The number of carbonyl (C=O) groups is 1. The van der Waals surface area contributed by atoms with Crippen molar-refractivity contribution in [2.45, 2.75) is 33.6 Å². The molecule has 2 heterocycles. The average Bonchev–Trinajstić information content (AvgIpc) is 2.48. The van der Waals surface area contributed by atoms with Gasteiger partial charge in [-0.3, -0.25) is 9.78 Å². The number of rotatable bonds is 0. The number of fused-ring (bicyclic) bond motifs is 1. The quantitative estimate of drug-likeness (QED) is 0.760. The van der Waals surface area contributed by atoms with Gasteiger partial charge < -0.3 is 5.73 Å². The van der Waals surface area contributed by atoms with E-state index in [4.69, 9.17) is 5.73 Å². The molecule has 1 aliphatic rings. The van der Waals surface area contributed by atoms with Crippen molar-refractivity contribution >= 4 is 11.5 Å². The summed E-state index contributed by atoms with van der Waals surface area (Å²) in [5, 5.41) is 0. The highest BCUT2D eigenvalue weighted by Gasteiger charge is 2.31. The number of ketones is 1. The van der Waals surface area contributed by atoms with E-state index in [0.29, 0.717) is 23.4 Å². The van der Waals surface area contributed by atoms with Crippen LogP contribution >= 0.6 is 0 Å². The Bertz CT molecular complexity index is 857. The number of hydrogen-bond donors (Lipinski definition) is 1. The summed E-state index contributed by atoms with van der Waals surface area (Å²) in [6.07, 6.45) is 3.10. The zero-order valence-corrected chi connectivity index (χ0v) is 13.6. The molecule has 2 aromatic rings. The van der Waals surface area contributed by atoms with Crippen molar-refractivity contribution in [2.24, 2.45) is 5.41 Å². The molecule has 23 heavy (non-hydrogen) atoms. The zero-order valence-electron chi connectivity index (χ0n) is 13.6. The normalized spacial score (nSPS) is 15.5. The lowest BCUT2D eigenvalue weighted by atomic mass is 9.75. The van der Waals surface area contributed by atoms with Gasteiger partial charge in [-0.1, -0.05) is 19.8 Å². The Morgan fingerprint density at radius 2 is 2.00 bits per heavy atom. The maximum absolute atomic E-state index is 12.3. The van der Waals surface area contributed by atoms with Gasteiger partial charge in [0, 0.05) is 23.7 Å². The monoisotopic (exact) mass is 305 g/mol. The first-order chi connectivity index (χ1) is 10.8. The van der Waals surface area contributed by atoms with Crippen LogP contribution in [0.3, 0.4) is 0 Å². The first-order valence-corrected chi connectivity index (χ1v) is 7.61. The molecule has 4 heteroatoms. The summed E-state index contributed by atoms with van der Waals surface area (Å²) in [7, 11) is 0. The number of pyridine rings is 2. The lowest BCUT2D eigenvalue weighted by molar-refractivity contribution is 0.0910. The van der Waals surface area contributed by atoms with E-state index in [1.54, 1.807) is 18.3 Å². The molecule has 0 bridgehead atoms. The van der Waals surface area contributed by atoms with E-state index >= 15 is 0 Å². The van der Waals surface area contributed by atoms with Crippen molar-refractivity contribution < 1.29 is 4.79 Å². The highest BCUT2D eigenvalue weighted by atomic mass is 16.1. The Hall–Kier alpha value is -2.67. The molecule has 4 nitrogen and oxygen atoms in total. The largest absolute Gasteiger partial charge is 0.397 e. The predicted octanol–water partition coefficient (Wildman–Crippen LogP) is 2.92. The van der Waals surface area contributed by atoms with E-state index in [9.17, 15) is 4.79 Å². The third kappa shape index (κ3) is 3.24. The van der Waals surface area contributed by atoms with Crippen LogP contribution in [0.1, 0.15) is 53.3 Å². The molecule has 0 atom stereocenters. The summed E-state index contributed by atoms with van der Waals surface area (Å²) in [5.41, 5.74) is 10.1. The number of nitrogen functional groups attached to an aromatic ring is 1. The van der Waals surface area contributed by atoms with Crippen LogP contribution in [0.5, 0.6) is 0 Å². The van der Waals surface area contributed by atoms with Gasteiger partial charge in [0.05, 0.1) is 17.1 Å². The molecule has 2 N–H and O–H groups in total. The molecular formula is C19H19N3O. The fourth-order valence-electron chi connectivity index (χ4n) is 2.77. The van der Waals surface area contributed by atoms with Gasteiger partial charge in [0.2, 0.25) is 0 Å². The zero-order chi connectivity index (χ0) is 16.6. The number of nitrogens with two attached hydrogens (primary N) is 1. The smallest absolute Gasteiger partial charge is 0.165 e. The first-order valence-electron chi connectivity index (χ1n) is 7.61. The van der Waals surface area contributed by atoms with Gasteiger partial charge in [-0.2, -0.15) is 0 Å². The Labute approximate surface area is 136 Å². The number of nitrogens with zero attached hydrogens (tertiary/aromatic N) is 2.